The summed E-state index contributed by atoms with van der Waals surface area (Å²) < 4.78 is 10.9. The summed E-state index contributed by atoms with van der Waals surface area (Å²) >= 11 is 0. The second-order valence-electron chi connectivity index (χ2n) is 7.59. The summed E-state index contributed by atoms with van der Waals surface area (Å²) in [4.78, 5) is 14.8. The van der Waals surface area contributed by atoms with E-state index in [1.54, 1.807) is 13.2 Å². The first-order chi connectivity index (χ1) is 14.6. The third-order valence-electron chi connectivity index (χ3n) is 5.40. The maximum absolute atomic E-state index is 12.9. The van der Waals surface area contributed by atoms with Crippen LogP contribution in [0, 0.1) is 5.92 Å². The normalized spacial score (nSPS) is 14.4. The fourth-order valence-corrected chi connectivity index (χ4v) is 3.50. The van der Waals surface area contributed by atoms with E-state index < -0.39 is 0 Å². The highest BCUT2D eigenvalue weighted by atomic mass is 16.5. The number of carbonyl (C=O) groups is 1. The Hall–Kier alpha value is -3.41. The Morgan fingerprint density at radius 3 is 2.37 bits per heavy atom. The molecule has 1 aliphatic heterocycles. The minimum atomic E-state index is 0.0798. The number of amides is 1. The maximum atomic E-state index is 12.9. The van der Waals surface area contributed by atoms with Gasteiger partial charge in [-0.3, -0.25) is 4.79 Å². The van der Waals surface area contributed by atoms with Crippen LogP contribution in [0.4, 0.5) is 0 Å². The van der Waals surface area contributed by atoms with Crippen molar-refractivity contribution in [3.8, 4) is 28.6 Å². The minimum absolute atomic E-state index is 0.0798. The molecule has 1 aliphatic rings. The molecular weight excluding hydrogens is 378 g/mol. The van der Waals surface area contributed by atoms with Crippen LogP contribution in [0.5, 0.6) is 17.4 Å². The van der Waals surface area contributed by atoms with Crippen molar-refractivity contribution in [2.24, 2.45) is 5.92 Å². The van der Waals surface area contributed by atoms with Gasteiger partial charge >= 0.3 is 0 Å². The van der Waals surface area contributed by atoms with E-state index in [2.05, 4.69) is 17.1 Å². The molecule has 6 nitrogen and oxygen atoms in total. The second-order valence-corrected chi connectivity index (χ2v) is 7.59. The van der Waals surface area contributed by atoms with Gasteiger partial charge < -0.3 is 14.4 Å². The van der Waals surface area contributed by atoms with Gasteiger partial charge in [0.1, 0.15) is 11.5 Å². The Bertz CT molecular complexity index is 995. The van der Waals surface area contributed by atoms with Crippen molar-refractivity contribution >= 4 is 5.91 Å². The van der Waals surface area contributed by atoms with E-state index in [9.17, 15) is 4.79 Å². The number of aromatic nitrogens is 2. The molecule has 0 aliphatic carbocycles. The summed E-state index contributed by atoms with van der Waals surface area (Å²) in [6.45, 7) is 3.88. The number of methoxy groups -OCH3 is 1. The lowest BCUT2D eigenvalue weighted by atomic mass is 9.98. The predicted octanol–water partition coefficient (Wildman–Crippen LogP) is 4.82. The molecule has 0 spiro atoms. The monoisotopic (exact) mass is 403 g/mol. The molecule has 1 aromatic heterocycles. The highest BCUT2D eigenvalue weighted by molar-refractivity contribution is 5.95. The molecule has 0 N–H and O–H groups in total. The van der Waals surface area contributed by atoms with Crippen LogP contribution in [-0.2, 0) is 0 Å². The van der Waals surface area contributed by atoms with Crippen molar-refractivity contribution in [3.63, 3.8) is 0 Å². The van der Waals surface area contributed by atoms with Crippen molar-refractivity contribution < 1.29 is 14.3 Å². The highest BCUT2D eigenvalue weighted by Gasteiger charge is 2.21. The molecule has 30 heavy (non-hydrogen) atoms. The molecular formula is C24H25N3O3. The van der Waals surface area contributed by atoms with Gasteiger partial charge in [0.25, 0.3) is 5.91 Å². The molecule has 0 bridgehead atoms. The predicted molar refractivity (Wildman–Crippen MR) is 115 cm³/mol. The zero-order chi connectivity index (χ0) is 20.9. The first-order valence-corrected chi connectivity index (χ1v) is 10.2. The average Bonchev–Trinajstić information content (AvgIpc) is 2.80. The lowest BCUT2D eigenvalue weighted by Crippen LogP contribution is -2.37. The topological polar surface area (TPSA) is 64.6 Å². The molecule has 3 aromatic rings. The van der Waals surface area contributed by atoms with Crippen molar-refractivity contribution in [2.45, 2.75) is 19.8 Å². The maximum Gasteiger partial charge on any atom is 0.253 e. The third kappa shape index (κ3) is 4.59. The first-order valence-electron chi connectivity index (χ1n) is 10.2. The summed E-state index contributed by atoms with van der Waals surface area (Å²) in [5.41, 5.74) is 2.23. The molecule has 0 atom stereocenters. The van der Waals surface area contributed by atoms with Gasteiger partial charge in [-0.2, -0.15) is 0 Å². The van der Waals surface area contributed by atoms with Crippen LogP contribution in [0.15, 0.2) is 60.7 Å². The Balaban J connectivity index is 1.46. The van der Waals surface area contributed by atoms with Gasteiger partial charge in [0, 0.05) is 30.3 Å². The van der Waals surface area contributed by atoms with E-state index in [1.807, 2.05) is 59.5 Å². The van der Waals surface area contributed by atoms with E-state index in [0.717, 1.165) is 37.2 Å². The van der Waals surface area contributed by atoms with Gasteiger partial charge in [0.2, 0.25) is 5.88 Å². The molecule has 0 saturated carbocycles. The van der Waals surface area contributed by atoms with Crippen molar-refractivity contribution in [2.75, 3.05) is 20.2 Å². The summed E-state index contributed by atoms with van der Waals surface area (Å²) in [5, 5.41) is 8.44. The molecule has 4 rings (SSSR count). The van der Waals surface area contributed by atoms with E-state index in [1.165, 1.54) is 0 Å². The molecule has 6 heteroatoms. The second kappa shape index (κ2) is 8.95. The summed E-state index contributed by atoms with van der Waals surface area (Å²) in [5.74, 6) is 2.59. The molecule has 1 amide bonds. The summed E-state index contributed by atoms with van der Waals surface area (Å²) in [7, 11) is 1.62. The average molecular weight is 403 g/mol. The van der Waals surface area contributed by atoms with Crippen LogP contribution in [0.2, 0.25) is 0 Å². The molecule has 2 heterocycles. The number of ether oxygens (including phenoxy) is 2. The first kappa shape index (κ1) is 19.9. The molecule has 154 valence electrons. The number of rotatable bonds is 5. The number of hydrogen-bond acceptors (Lipinski definition) is 5. The van der Waals surface area contributed by atoms with Gasteiger partial charge in [-0.05, 0) is 61.2 Å². The smallest absolute Gasteiger partial charge is 0.253 e. The number of nitrogens with zero attached hydrogens (tertiary/aromatic N) is 3. The van der Waals surface area contributed by atoms with Crippen LogP contribution in [0.1, 0.15) is 30.1 Å². The van der Waals surface area contributed by atoms with Crippen LogP contribution < -0.4 is 9.47 Å². The van der Waals surface area contributed by atoms with E-state index in [4.69, 9.17) is 9.47 Å². The van der Waals surface area contributed by atoms with Gasteiger partial charge in [0.05, 0.1) is 12.8 Å². The zero-order valence-electron chi connectivity index (χ0n) is 17.2. The van der Waals surface area contributed by atoms with Gasteiger partial charge in [-0.25, -0.2) is 0 Å². The molecule has 0 radical (unpaired) electrons. The SMILES string of the molecule is COc1ccc(Oc2ccc(-c3cccc(C(=O)N4CCC(C)CC4)c3)nn2)cc1. The summed E-state index contributed by atoms with van der Waals surface area (Å²) in [6, 6.07) is 18.4. The van der Waals surface area contributed by atoms with Crippen LogP contribution in [0.3, 0.4) is 0 Å². The number of benzene rings is 2. The Labute approximate surface area is 176 Å². The van der Waals surface area contributed by atoms with Crippen molar-refractivity contribution in [1.29, 1.82) is 0 Å². The molecule has 1 saturated heterocycles. The minimum Gasteiger partial charge on any atom is -0.497 e. The third-order valence-corrected chi connectivity index (χ3v) is 5.40. The van der Waals surface area contributed by atoms with E-state index in [0.29, 0.717) is 28.8 Å². The molecule has 2 aromatic carbocycles. The zero-order valence-corrected chi connectivity index (χ0v) is 17.2. The molecule has 1 fully saturated rings. The van der Waals surface area contributed by atoms with E-state index >= 15 is 0 Å². The number of hydrogen-bond donors (Lipinski definition) is 0. The van der Waals surface area contributed by atoms with Crippen LogP contribution in [-0.4, -0.2) is 41.2 Å². The van der Waals surface area contributed by atoms with Gasteiger partial charge in [-0.1, -0.05) is 19.1 Å². The quantitative estimate of drug-likeness (QED) is 0.611. The van der Waals surface area contributed by atoms with Crippen molar-refractivity contribution in [1.82, 2.24) is 15.1 Å². The van der Waals surface area contributed by atoms with Crippen molar-refractivity contribution in [3.05, 3.63) is 66.2 Å². The summed E-state index contributed by atoms with van der Waals surface area (Å²) in [6.07, 6.45) is 2.12. The Morgan fingerprint density at radius 1 is 0.967 bits per heavy atom. The lowest BCUT2D eigenvalue weighted by molar-refractivity contribution is 0.0697. The van der Waals surface area contributed by atoms with Gasteiger partial charge in [-0.15, -0.1) is 10.2 Å². The fraction of sp³-hybridized carbons (Fsp3) is 0.292. The Kier molecular flexibility index (Phi) is 5.93. The highest BCUT2D eigenvalue weighted by Crippen LogP contribution is 2.25. The Morgan fingerprint density at radius 2 is 1.70 bits per heavy atom. The van der Waals surface area contributed by atoms with Gasteiger partial charge in [0.15, 0.2) is 0 Å². The van der Waals surface area contributed by atoms with Crippen LogP contribution >= 0.6 is 0 Å². The number of piperidine rings is 1. The van der Waals surface area contributed by atoms with Crippen LogP contribution in [0.25, 0.3) is 11.3 Å². The van der Waals surface area contributed by atoms with E-state index in [-0.39, 0.29) is 5.91 Å². The standard InChI is InChI=1S/C24H25N3O3/c1-17-12-14-27(15-13-17)24(28)19-5-3-4-18(16-19)22-10-11-23(26-25-22)30-21-8-6-20(29-2)7-9-21/h3-11,16-17H,12-15H2,1-2H3. The largest absolute Gasteiger partial charge is 0.497 e. The fourth-order valence-electron chi connectivity index (χ4n) is 3.50. The number of likely N-dealkylation sites (tertiary alicyclic amines) is 1. The molecule has 0 unspecified atom stereocenters. The lowest BCUT2D eigenvalue weighted by Gasteiger charge is -2.30. The number of carbonyl (C=O) groups excluding carboxylic acids is 1.